The van der Waals surface area contributed by atoms with E-state index in [-0.39, 0.29) is 11.7 Å². The van der Waals surface area contributed by atoms with Crippen LogP contribution < -0.4 is 9.64 Å². The number of benzene rings is 4. The summed E-state index contributed by atoms with van der Waals surface area (Å²) >= 11 is 0. The highest BCUT2D eigenvalue weighted by Gasteiger charge is 2.47. The van der Waals surface area contributed by atoms with Crippen molar-refractivity contribution in [3.63, 3.8) is 0 Å². The predicted octanol–water partition coefficient (Wildman–Crippen LogP) is 6.00. The fourth-order valence-corrected chi connectivity index (χ4v) is 5.60. The van der Waals surface area contributed by atoms with Gasteiger partial charge in [-0.3, -0.25) is 4.79 Å². The van der Waals surface area contributed by atoms with Crippen LogP contribution in [-0.2, 0) is 4.79 Å². The van der Waals surface area contributed by atoms with E-state index in [2.05, 4.69) is 11.0 Å². The first-order chi connectivity index (χ1) is 18.5. The topological polar surface area (TPSA) is 56.6 Å². The number of para-hydroxylation sites is 1. The van der Waals surface area contributed by atoms with E-state index < -0.39 is 11.3 Å². The van der Waals surface area contributed by atoms with Crippen molar-refractivity contribution in [3.05, 3.63) is 108 Å². The van der Waals surface area contributed by atoms with Gasteiger partial charge < -0.3 is 14.5 Å². The number of hydrogen-bond acceptors (Lipinski definition) is 4. The quantitative estimate of drug-likeness (QED) is 0.321. The summed E-state index contributed by atoms with van der Waals surface area (Å²) in [4.78, 5) is 18.1. The molecule has 6 heteroatoms. The number of anilines is 1. The molecule has 1 aliphatic rings. The number of carbonyl (C=O) groups excluding carboxylic acids is 1. The van der Waals surface area contributed by atoms with Gasteiger partial charge in [0.2, 0.25) is 5.91 Å². The summed E-state index contributed by atoms with van der Waals surface area (Å²) in [5.74, 6) is -0.435. The lowest BCUT2D eigenvalue weighted by molar-refractivity contribution is -0.139. The molecule has 0 N–H and O–H groups in total. The molecule has 2 atom stereocenters. The summed E-state index contributed by atoms with van der Waals surface area (Å²) in [7, 11) is 1.61. The highest BCUT2D eigenvalue weighted by Crippen LogP contribution is 2.47. The molecular weight excluding hydrogens is 477 g/mol. The van der Waals surface area contributed by atoms with Crippen LogP contribution in [0.5, 0.6) is 5.75 Å². The number of carbonyl (C=O) groups is 1. The number of nitriles is 1. The minimum atomic E-state index is -1.40. The van der Waals surface area contributed by atoms with Crippen LogP contribution in [0.1, 0.15) is 24.0 Å². The van der Waals surface area contributed by atoms with Crippen molar-refractivity contribution in [2.75, 3.05) is 38.2 Å². The maximum absolute atomic E-state index is 14.3. The van der Waals surface area contributed by atoms with Crippen LogP contribution in [0.3, 0.4) is 0 Å². The molecule has 0 saturated carbocycles. The van der Waals surface area contributed by atoms with E-state index in [1.165, 1.54) is 12.1 Å². The number of methoxy groups -OCH3 is 1. The van der Waals surface area contributed by atoms with Crippen LogP contribution in [0.15, 0.2) is 91.0 Å². The van der Waals surface area contributed by atoms with Gasteiger partial charge in [-0.05, 0) is 47.5 Å². The average Bonchev–Trinajstić information content (AvgIpc) is 2.97. The third kappa shape index (κ3) is 4.56. The first-order valence-corrected chi connectivity index (χ1v) is 12.8. The van der Waals surface area contributed by atoms with E-state index in [9.17, 15) is 14.4 Å². The van der Waals surface area contributed by atoms with Gasteiger partial charge in [-0.25, -0.2) is 4.39 Å². The van der Waals surface area contributed by atoms with E-state index >= 15 is 0 Å². The van der Waals surface area contributed by atoms with Crippen molar-refractivity contribution in [1.82, 2.24) is 4.90 Å². The lowest BCUT2D eigenvalue weighted by atomic mass is 9.68. The van der Waals surface area contributed by atoms with Gasteiger partial charge in [-0.2, -0.15) is 5.26 Å². The molecule has 4 aromatic rings. The lowest BCUT2D eigenvalue weighted by Crippen LogP contribution is -2.53. The Labute approximate surface area is 222 Å². The SMILES string of the molecule is COc1ccccc1[C@@H](c1cccc2ccccc12)[C@](C)(C#N)C(=O)N1CCN(c2cccc(F)c2)CC1. The lowest BCUT2D eigenvalue weighted by Gasteiger charge is -2.41. The van der Waals surface area contributed by atoms with Crippen LogP contribution in [0, 0.1) is 22.6 Å². The number of piperazine rings is 1. The Bertz CT molecular complexity index is 1500. The highest BCUT2D eigenvalue weighted by molar-refractivity contribution is 5.91. The van der Waals surface area contributed by atoms with Crippen LogP contribution in [-0.4, -0.2) is 44.1 Å². The Balaban J connectivity index is 1.54. The van der Waals surface area contributed by atoms with E-state index in [1.54, 1.807) is 25.0 Å². The summed E-state index contributed by atoms with van der Waals surface area (Å²) < 4.78 is 19.5. The Morgan fingerprint density at radius 3 is 2.32 bits per heavy atom. The van der Waals surface area contributed by atoms with Gasteiger partial charge in [-0.1, -0.05) is 66.7 Å². The molecule has 5 rings (SSSR count). The molecule has 4 aromatic carbocycles. The minimum absolute atomic E-state index is 0.220. The first kappa shape index (κ1) is 25.3. The maximum atomic E-state index is 14.3. The average molecular weight is 508 g/mol. The van der Waals surface area contributed by atoms with Gasteiger partial charge in [0.1, 0.15) is 17.0 Å². The van der Waals surface area contributed by atoms with Crippen molar-refractivity contribution in [1.29, 1.82) is 5.26 Å². The van der Waals surface area contributed by atoms with Crippen molar-refractivity contribution < 1.29 is 13.9 Å². The smallest absolute Gasteiger partial charge is 0.243 e. The number of halogens is 1. The predicted molar refractivity (Wildman–Crippen MR) is 148 cm³/mol. The van der Waals surface area contributed by atoms with E-state index in [4.69, 9.17) is 4.74 Å². The fourth-order valence-electron chi connectivity index (χ4n) is 5.60. The Hall–Kier alpha value is -4.37. The molecule has 0 radical (unpaired) electrons. The normalized spacial score (nSPS) is 15.9. The summed E-state index contributed by atoms with van der Waals surface area (Å²) in [5, 5.41) is 12.7. The monoisotopic (exact) mass is 507 g/mol. The van der Waals surface area contributed by atoms with Crippen LogP contribution >= 0.6 is 0 Å². The summed E-state index contributed by atoms with van der Waals surface area (Å²) in [5.41, 5.74) is 1.09. The fraction of sp³-hybridized carbons (Fsp3) is 0.250. The number of amides is 1. The third-order valence-corrected chi connectivity index (χ3v) is 7.58. The molecule has 38 heavy (non-hydrogen) atoms. The molecule has 1 fully saturated rings. The van der Waals surface area contributed by atoms with Gasteiger partial charge in [0, 0.05) is 43.3 Å². The second kappa shape index (κ2) is 10.5. The maximum Gasteiger partial charge on any atom is 0.243 e. The van der Waals surface area contributed by atoms with Gasteiger partial charge >= 0.3 is 0 Å². The van der Waals surface area contributed by atoms with Crippen molar-refractivity contribution in [3.8, 4) is 11.8 Å². The molecule has 0 aromatic heterocycles. The largest absolute Gasteiger partial charge is 0.496 e. The standard InChI is InChI=1S/C32H30FN3O2/c1-32(22-34,31(37)36-19-17-35(18-20-36)25-12-8-11-24(33)21-25)30(28-14-5-6-16-29(28)38-2)27-15-7-10-23-9-3-4-13-26(23)27/h3-16,21,30H,17-20H2,1-2H3/t30-,32+/m1/s1. The molecule has 1 saturated heterocycles. The third-order valence-electron chi connectivity index (χ3n) is 7.58. The van der Waals surface area contributed by atoms with E-state index in [0.717, 1.165) is 27.6 Å². The zero-order chi connectivity index (χ0) is 26.7. The molecule has 0 bridgehead atoms. The second-order valence-corrected chi connectivity index (χ2v) is 9.82. The van der Waals surface area contributed by atoms with Crippen LogP contribution in [0.2, 0.25) is 0 Å². The van der Waals surface area contributed by atoms with Crippen molar-refractivity contribution in [2.24, 2.45) is 5.41 Å². The number of ether oxygens (including phenoxy) is 1. The number of nitrogens with zero attached hydrogens (tertiary/aromatic N) is 3. The molecule has 192 valence electrons. The molecule has 0 spiro atoms. The Kier molecular flexibility index (Phi) is 7.02. The number of fused-ring (bicyclic) bond motifs is 1. The number of hydrogen-bond donors (Lipinski definition) is 0. The van der Waals surface area contributed by atoms with Gasteiger partial charge in [0.15, 0.2) is 0 Å². The molecule has 1 heterocycles. The molecule has 0 unspecified atom stereocenters. The molecule has 1 aliphatic heterocycles. The summed E-state index contributed by atoms with van der Waals surface area (Å²) in [6.07, 6.45) is 0. The van der Waals surface area contributed by atoms with Crippen molar-refractivity contribution >= 4 is 22.4 Å². The summed E-state index contributed by atoms with van der Waals surface area (Å²) in [6.45, 7) is 3.75. The van der Waals surface area contributed by atoms with Gasteiger partial charge in [-0.15, -0.1) is 0 Å². The highest BCUT2D eigenvalue weighted by atomic mass is 19.1. The second-order valence-electron chi connectivity index (χ2n) is 9.82. The molecule has 5 nitrogen and oxygen atoms in total. The van der Waals surface area contributed by atoms with Crippen LogP contribution in [0.25, 0.3) is 10.8 Å². The minimum Gasteiger partial charge on any atom is -0.496 e. The molecule has 0 aliphatic carbocycles. The van der Waals surface area contributed by atoms with Gasteiger partial charge in [0.25, 0.3) is 0 Å². The summed E-state index contributed by atoms with van der Waals surface area (Å²) in [6, 6.07) is 30.6. The van der Waals surface area contributed by atoms with Crippen LogP contribution in [0.4, 0.5) is 10.1 Å². The zero-order valence-electron chi connectivity index (χ0n) is 21.6. The van der Waals surface area contributed by atoms with Gasteiger partial charge in [0.05, 0.1) is 13.2 Å². The Morgan fingerprint density at radius 1 is 0.921 bits per heavy atom. The first-order valence-electron chi connectivity index (χ1n) is 12.8. The Morgan fingerprint density at radius 2 is 1.58 bits per heavy atom. The number of rotatable bonds is 6. The molecular formula is C32H30FN3O2. The van der Waals surface area contributed by atoms with Crippen molar-refractivity contribution in [2.45, 2.75) is 12.8 Å². The zero-order valence-corrected chi connectivity index (χ0v) is 21.6. The van der Waals surface area contributed by atoms with E-state index in [1.807, 2.05) is 72.8 Å². The molecule has 1 amide bonds. The van der Waals surface area contributed by atoms with E-state index in [0.29, 0.717) is 31.9 Å².